The van der Waals surface area contributed by atoms with E-state index in [4.69, 9.17) is 4.74 Å². The number of rotatable bonds is 5. The molecule has 7 nitrogen and oxygen atoms in total. The second-order valence-electron chi connectivity index (χ2n) is 6.79. The number of hydrogen-bond acceptors (Lipinski definition) is 5. The molecule has 3 amide bonds. The summed E-state index contributed by atoms with van der Waals surface area (Å²) in [4.78, 5) is 50.1. The topological polar surface area (TPSA) is 92.8 Å². The van der Waals surface area contributed by atoms with Gasteiger partial charge in [-0.1, -0.05) is 12.1 Å². The van der Waals surface area contributed by atoms with Gasteiger partial charge < -0.3 is 10.1 Å². The maximum Gasteiger partial charge on any atom is 0.338 e. The highest BCUT2D eigenvalue weighted by Gasteiger charge is 2.36. The first-order valence-electron chi connectivity index (χ1n) is 9.35. The summed E-state index contributed by atoms with van der Waals surface area (Å²) < 4.78 is 31.6. The molecule has 0 unspecified atom stereocenters. The molecule has 160 valence electrons. The van der Waals surface area contributed by atoms with Gasteiger partial charge in [0.2, 0.25) is 0 Å². The Labute approximate surface area is 180 Å². The van der Waals surface area contributed by atoms with Gasteiger partial charge in [0.15, 0.2) is 6.61 Å². The zero-order chi connectivity index (χ0) is 22.8. The van der Waals surface area contributed by atoms with E-state index < -0.39 is 41.9 Å². The Balaban J connectivity index is 1.39. The van der Waals surface area contributed by atoms with Crippen molar-refractivity contribution in [3.63, 3.8) is 0 Å². The lowest BCUT2D eigenvalue weighted by Gasteiger charge is -2.14. The van der Waals surface area contributed by atoms with E-state index in [0.717, 1.165) is 23.1 Å². The standard InChI is InChI=1S/C23H14F2N2O5/c24-14-7-10-18(25)19(11-14)26-20(28)12-32-23(31)13-5-8-15(9-6-13)27-21(29)16-3-1-2-4-17(16)22(27)30/h1-11H,12H2,(H,26,28). The van der Waals surface area contributed by atoms with Gasteiger partial charge in [-0.15, -0.1) is 0 Å². The number of fused-ring (bicyclic) bond motifs is 1. The van der Waals surface area contributed by atoms with Gasteiger partial charge in [-0.25, -0.2) is 18.5 Å². The third kappa shape index (κ3) is 3.95. The number of amides is 3. The Morgan fingerprint density at radius 1 is 0.875 bits per heavy atom. The predicted molar refractivity (Wildman–Crippen MR) is 109 cm³/mol. The highest BCUT2D eigenvalue weighted by Crippen LogP contribution is 2.28. The lowest BCUT2D eigenvalue weighted by atomic mass is 10.1. The number of halogens is 2. The van der Waals surface area contributed by atoms with E-state index in [1.54, 1.807) is 24.3 Å². The van der Waals surface area contributed by atoms with Crippen LogP contribution in [0.2, 0.25) is 0 Å². The number of benzene rings is 3. The maximum absolute atomic E-state index is 13.6. The molecular weight excluding hydrogens is 422 g/mol. The van der Waals surface area contributed by atoms with Gasteiger partial charge in [0.1, 0.15) is 11.6 Å². The molecule has 0 fully saturated rings. The molecule has 1 heterocycles. The third-order valence-electron chi connectivity index (χ3n) is 4.69. The van der Waals surface area contributed by atoms with Gasteiger partial charge in [0, 0.05) is 6.07 Å². The van der Waals surface area contributed by atoms with Crippen LogP contribution in [0.3, 0.4) is 0 Å². The fourth-order valence-electron chi connectivity index (χ4n) is 3.16. The second-order valence-corrected chi connectivity index (χ2v) is 6.79. The first-order valence-corrected chi connectivity index (χ1v) is 9.35. The SMILES string of the molecule is O=C(COC(=O)c1ccc(N2C(=O)c3ccccc3C2=O)cc1)Nc1cc(F)ccc1F. The first kappa shape index (κ1) is 20.9. The van der Waals surface area contributed by atoms with E-state index in [2.05, 4.69) is 5.32 Å². The minimum atomic E-state index is -0.856. The molecule has 0 aromatic heterocycles. The van der Waals surface area contributed by atoms with Crippen molar-refractivity contribution in [1.82, 2.24) is 0 Å². The van der Waals surface area contributed by atoms with Gasteiger partial charge in [-0.05, 0) is 48.5 Å². The Kier molecular flexibility index (Phi) is 5.46. The quantitative estimate of drug-likeness (QED) is 0.488. The molecule has 0 atom stereocenters. The molecule has 1 aliphatic rings. The molecule has 1 aliphatic heterocycles. The number of imide groups is 1. The largest absolute Gasteiger partial charge is 0.452 e. The Morgan fingerprint density at radius 2 is 1.50 bits per heavy atom. The monoisotopic (exact) mass is 436 g/mol. The Bertz CT molecular complexity index is 1220. The van der Waals surface area contributed by atoms with Crippen molar-refractivity contribution in [2.24, 2.45) is 0 Å². The van der Waals surface area contributed by atoms with Crippen molar-refractivity contribution >= 4 is 35.1 Å². The molecule has 0 aliphatic carbocycles. The zero-order valence-electron chi connectivity index (χ0n) is 16.3. The summed E-state index contributed by atoms with van der Waals surface area (Å²) in [5.74, 6) is -4.23. The molecular formula is C23H14F2N2O5. The number of hydrogen-bond donors (Lipinski definition) is 1. The molecule has 0 spiro atoms. The number of ether oxygens (including phenoxy) is 1. The van der Waals surface area contributed by atoms with Gasteiger partial charge in [-0.3, -0.25) is 14.4 Å². The number of nitrogens with zero attached hydrogens (tertiary/aromatic N) is 1. The van der Waals surface area contributed by atoms with Crippen LogP contribution < -0.4 is 10.2 Å². The summed E-state index contributed by atoms with van der Waals surface area (Å²) in [6.07, 6.45) is 0. The zero-order valence-corrected chi connectivity index (χ0v) is 16.3. The summed E-state index contributed by atoms with van der Waals surface area (Å²) >= 11 is 0. The maximum atomic E-state index is 13.6. The minimum Gasteiger partial charge on any atom is -0.452 e. The number of anilines is 2. The van der Waals surface area contributed by atoms with Gasteiger partial charge in [0.05, 0.1) is 28.1 Å². The number of nitrogens with one attached hydrogen (secondary N) is 1. The van der Waals surface area contributed by atoms with Crippen molar-refractivity contribution < 1.29 is 32.7 Å². The van der Waals surface area contributed by atoms with E-state index in [9.17, 15) is 28.0 Å². The molecule has 1 N–H and O–H groups in total. The Morgan fingerprint density at radius 3 is 2.12 bits per heavy atom. The van der Waals surface area contributed by atoms with E-state index in [1.165, 1.54) is 24.3 Å². The molecule has 0 saturated carbocycles. The molecule has 32 heavy (non-hydrogen) atoms. The average molecular weight is 436 g/mol. The van der Waals surface area contributed by atoms with Gasteiger partial charge in [-0.2, -0.15) is 0 Å². The summed E-state index contributed by atoms with van der Waals surface area (Å²) in [6.45, 7) is -0.727. The molecule has 0 saturated heterocycles. The van der Waals surface area contributed by atoms with Crippen molar-refractivity contribution in [2.45, 2.75) is 0 Å². The first-order chi connectivity index (χ1) is 15.3. The number of carbonyl (C=O) groups excluding carboxylic acids is 4. The van der Waals surface area contributed by atoms with Crippen molar-refractivity contribution in [1.29, 1.82) is 0 Å². The number of carbonyl (C=O) groups is 4. The lowest BCUT2D eigenvalue weighted by molar-refractivity contribution is -0.119. The normalized spacial score (nSPS) is 12.5. The predicted octanol–water partition coefficient (Wildman–Crippen LogP) is 3.56. The van der Waals surface area contributed by atoms with Crippen LogP contribution in [0.15, 0.2) is 66.7 Å². The second kappa shape index (κ2) is 8.38. The van der Waals surface area contributed by atoms with Crippen LogP contribution in [0.5, 0.6) is 0 Å². The van der Waals surface area contributed by atoms with Crippen LogP contribution in [0.1, 0.15) is 31.1 Å². The summed E-state index contributed by atoms with van der Waals surface area (Å²) in [5, 5.41) is 2.11. The van der Waals surface area contributed by atoms with Crippen LogP contribution >= 0.6 is 0 Å². The summed E-state index contributed by atoms with van der Waals surface area (Å²) in [5.41, 5.74) is 0.543. The van der Waals surface area contributed by atoms with E-state index in [1.807, 2.05) is 0 Å². The fraction of sp³-hybridized carbons (Fsp3) is 0.0435. The molecule has 9 heteroatoms. The smallest absolute Gasteiger partial charge is 0.338 e. The summed E-state index contributed by atoms with van der Waals surface area (Å²) in [6, 6.07) is 14.5. The molecule has 0 bridgehead atoms. The van der Waals surface area contributed by atoms with Crippen LogP contribution in [-0.2, 0) is 9.53 Å². The van der Waals surface area contributed by atoms with Gasteiger partial charge >= 0.3 is 5.97 Å². The van der Waals surface area contributed by atoms with Crippen molar-refractivity contribution in [2.75, 3.05) is 16.8 Å². The molecule has 3 aromatic rings. The van der Waals surface area contributed by atoms with Crippen LogP contribution in [-0.4, -0.2) is 30.3 Å². The number of esters is 1. The Hall–Kier alpha value is -4.40. The van der Waals surface area contributed by atoms with Crippen LogP contribution in [0, 0.1) is 11.6 Å². The molecule has 4 rings (SSSR count). The summed E-state index contributed by atoms with van der Waals surface area (Å²) in [7, 11) is 0. The molecule has 0 radical (unpaired) electrons. The van der Waals surface area contributed by atoms with E-state index in [0.29, 0.717) is 11.1 Å². The highest BCUT2D eigenvalue weighted by atomic mass is 19.1. The minimum absolute atomic E-state index is 0.0649. The van der Waals surface area contributed by atoms with Crippen LogP contribution in [0.25, 0.3) is 0 Å². The fourth-order valence-corrected chi connectivity index (χ4v) is 3.16. The van der Waals surface area contributed by atoms with E-state index >= 15 is 0 Å². The lowest BCUT2D eigenvalue weighted by Crippen LogP contribution is -2.29. The average Bonchev–Trinajstić information content (AvgIpc) is 3.05. The van der Waals surface area contributed by atoms with Crippen molar-refractivity contribution in [3.05, 3.63) is 95.1 Å². The van der Waals surface area contributed by atoms with Crippen LogP contribution in [0.4, 0.5) is 20.2 Å². The van der Waals surface area contributed by atoms with Crippen molar-refractivity contribution in [3.8, 4) is 0 Å². The third-order valence-corrected chi connectivity index (χ3v) is 4.69. The van der Waals surface area contributed by atoms with E-state index in [-0.39, 0.29) is 16.9 Å². The van der Waals surface area contributed by atoms with Gasteiger partial charge in [0.25, 0.3) is 17.7 Å². The molecule has 3 aromatic carbocycles. The highest BCUT2D eigenvalue weighted by molar-refractivity contribution is 6.34.